The Kier molecular flexibility index (Phi) is 3.61. The van der Waals surface area contributed by atoms with Crippen LogP contribution in [0.1, 0.15) is 5.69 Å². The summed E-state index contributed by atoms with van der Waals surface area (Å²) in [6.07, 6.45) is 0. The van der Waals surface area contributed by atoms with Crippen molar-refractivity contribution >= 4 is 22.1 Å². The Bertz CT molecular complexity index is 1260. The fourth-order valence-corrected chi connectivity index (χ4v) is 3.18. The van der Waals surface area contributed by atoms with Gasteiger partial charge in [0, 0.05) is 28.1 Å². The molecule has 0 atom stereocenters. The number of benzene rings is 2. The van der Waals surface area contributed by atoms with Crippen molar-refractivity contribution in [3.05, 3.63) is 84.6 Å². The Morgan fingerprint density at radius 1 is 0.741 bits per heavy atom. The summed E-state index contributed by atoms with van der Waals surface area (Å²) in [5.41, 5.74) is 4.12. The standard InChI is InChI=1S/C23H16N2O2/c1-15-13-14-18-17-9-5-11-20(22(17)27-23(18)24-15)26-21-12-6-10-19(25-21)16-7-3-2-4-8-16/h2-14H,1H3. The van der Waals surface area contributed by atoms with E-state index in [9.17, 15) is 0 Å². The summed E-state index contributed by atoms with van der Waals surface area (Å²) < 4.78 is 12.1. The molecule has 5 rings (SSSR count). The van der Waals surface area contributed by atoms with Crippen LogP contribution in [0.25, 0.3) is 33.3 Å². The summed E-state index contributed by atoms with van der Waals surface area (Å²) in [6.45, 7) is 1.95. The van der Waals surface area contributed by atoms with Gasteiger partial charge in [-0.3, -0.25) is 0 Å². The molecule has 130 valence electrons. The Labute approximate surface area is 156 Å². The maximum Gasteiger partial charge on any atom is 0.227 e. The largest absolute Gasteiger partial charge is 0.435 e. The van der Waals surface area contributed by atoms with Gasteiger partial charge in [-0.15, -0.1) is 0 Å². The first-order valence-corrected chi connectivity index (χ1v) is 8.77. The first-order chi connectivity index (χ1) is 13.3. The maximum absolute atomic E-state index is 6.08. The molecule has 0 saturated heterocycles. The molecule has 3 heterocycles. The van der Waals surface area contributed by atoms with Gasteiger partial charge in [0.05, 0.1) is 5.69 Å². The van der Waals surface area contributed by atoms with Crippen molar-refractivity contribution in [2.75, 3.05) is 0 Å². The van der Waals surface area contributed by atoms with Gasteiger partial charge >= 0.3 is 0 Å². The number of pyridine rings is 2. The number of aryl methyl sites for hydroxylation is 1. The predicted molar refractivity (Wildman–Crippen MR) is 106 cm³/mol. The van der Waals surface area contributed by atoms with E-state index in [1.165, 1.54) is 0 Å². The third kappa shape index (κ3) is 2.81. The Morgan fingerprint density at radius 3 is 2.48 bits per heavy atom. The molecule has 0 fully saturated rings. The number of furan rings is 1. The number of para-hydroxylation sites is 1. The van der Waals surface area contributed by atoms with Gasteiger partial charge in [0.15, 0.2) is 11.3 Å². The second-order valence-electron chi connectivity index (χ2n) is 6.37. The molecule has 4 heteroatoms. The van der Waals surface area contributed by atoms with E-state index >= 15 is 0 Å². The minimum atomic E-state index is 0.522. The van der Waals surface area contributed by atoms with Crippen LogP contribution in [0.2, 0.25) is 0 Å². The van der Waals surface area contributed by atoms with Crippen molar-refractivity contribution in [2.24, 2.45) is 0 Å². The summed E-state index contributed by atoms with van der Waals surface area (Å²) in [5.74, 6) is 1.15. The van der Waals surface area contributed by atoms with Crippen LogP contribution in [0.4, 0.5) is 0 Å². The number of rotatable bonds is 3. The van der Waals surface area contributed by atoms with E-state index in [1.807, 2.05) is 85.8 Å². The molecule has 3 aromatic heterocycles. The zero-order chi connectivity index (χ0) is 18.2. The van der Waals surface area contributed by atoms with Crippen molar-refractivity contribution < 1.29 is 9.15 Å². The highest BCUT2D eigenvalue weighted by Gasteiger charge is 2.14. The molecule has 27 heavy (non-hydrogen) atoms. The number of ether oxygens (including phenoxy) is 1. The quantitative estimate of drug-likeness (QED) is 0.391. The Hall–Kier alpha value is -3.66. The van der Waals surface area contributed by atoms with Crippen LogP contribution < -0.4 is 4.74 Å². The van der Waals surface area contributed by atoms with Gasteiger partial charge in [-0.1, -0.05) is 48.5 Å². The third-order valence-corrected chi connectivity index (χ3v) is 4.47. The first-order valence-electron chi connectivity index (χ1n) is 8.77. The monoisotopic (exact) mass is 352 g/mol. The lowest BCUT2D eigenvalue weighted by Gasteiger charge is -2.07. The minimum Gasteiger partial charge on any atom is -0.435 e. The molecule has 5 aromatic rings. The second kappa shape index (κ2) is 6.25. The minimum absolute atomic E-state index is 0.522. The SMILES string of the molecule is Cc1ccc2c(n1)oc1c(Oc3cccc(-c4ccccc4)n3)cccc12. The van der Waals surface area contributed by atoms with Crippen LogP contribution in [0.15, 0.2) is 83.3 Å². The lowest BCUT2D eigenvalue weighted by Crippen LogP contribution is -1.90. The molecule has 4 nitrogen and oxygen atoms in total. The van der Waals surface area contributed by atoms with Gasteiger partial charge in [0.2, 0.25) is 11.6 Å². The number of nitrogens with zero attached hydrogens (tertiary/aromatic N) is 2. The Morgan fingerprint density at radius 2 is 1.59 bits per heavy atom. The maximum atomic E-state index is 6.08. The molecule has 0 radical (unpaired) electrons. The average Bonchev–Trinajstić information content (AvgIpc) is 3.07. The highest BCUT2D eigenvalue weighted by Crippen LogP contribution is 2.36. The van der Waals surface area contributed by atoms with Gasteiger partial charge in [-0.2, -0.15) is 0 Å². The van der Waals surface area contributed by atoms with Gasteiger partial charge < -0.3 is 9.15 Å². The lowest BCUT2D eigenvalue weighted by atomic mass is 10.1. The fourth-order valence-electron chi connectivity index (χ4n) is 3.18. The summed E-state index contributed by atoms with van der Waals surface area (Å²) in [7, 11) is 0. The zero-order valence-electron chi connectivity index (χ0n) is 14.7. The molecule has 0 unspecified atom stereocenters. The number of hydrogen-bond acceptors (Lipinski definition) is 4. The smallest absolute Gasteiger partial charge is 0.227 e. The molecule has 0 aliphatic rings. The van der Waals surface area contributed by atoms with Crippen molar-refractivity contribution in [1.82, 2.24) is 9.97 Å². The van der Waals surface area contributed by atoms with Crippen molar-refractivity contribution in [2.45, 2.75) is 6.92 Å². The van der Waals surface area contributed by atoms with Crippen molar-refractivity contribution in [3.8, 4) is 22.9 Å². The van der Waals surface area contributed by atoms with Crippen LogP contribution in [-0.2, 0) is 0 Å². The first kappa shape index (κ1) is 15.6. The van der Waals surface area contributed by atoms with Gasteiger partial charge in [-0.05, 0) is 31.2 Å². The summed E-state index contributed by atoms with van der Waals surface area (Å²) in [4.78, 5) is 9.11. The summed E-state index contributed by atoms with van der Waals surface area (Å²) >= 11 is 0. The summed E-state index contributed by atoms with van der Waals surface area (Å²) in [5, 5.41) is 1.96. The fraction of sp³-hybridized carbons (Fsp3) is 0.0435. The van der Waals surface area contributed by atoms with Crippen LogP contribution in [0.3, 0.4) is 0 Å². The molecule has 2 aromatic carbocycles. The third-order valence-electron chi connectivity index (χ3n) is 4.47. The molecule has 0 spiro atoms. The number of hydrogen-bond donors (Lipinski definition) is 0. The van der Waals surface area contributed by atoms with Crippen LogP contribution in [-0.4, -0.2) is 9.97 Å². The molecule has 0 aliphatic heterocycles. The highest BCUT2D eigenvalue weighted by atomic mass is 16.5. The van der Waals surface area contributed by atoms with E-state index < -0.39 is 0 Å². The number of fused-ring (bicyclic) bond motifs is 3. The van der Waals surface area contributed by atoms with Crippen LogP contribution in [0, 0.1) is 6.92 Å². The lowest BCUT2D eigenvalue weighted by molar-refractivity contribution is 0.458. The van der Waals surface area contributed by atoms with E-state index in [0.29, 0.717) is 22.9 Å². The topological polar surface area (TPSA) is 48.2 Å². The molecule has 0 N–H and O–H groups in total. The van der Waals surface area contributed by atoms with Gasteiger partial charge in [0.25, 0.3) is 0 Å². The van der Waals surface area contributed by atoms with E-state index in [1.54, 1.807) is 0 Å². The highest BCUT2D eigenvalue weighted by molar-refractivity contribution is 6.05. The van der Waals surface area contributed by atoms with E-state index in [0.717, 1.165) is 27.7 Å². The summed E-state index contributed by atoms with van der Waals surface area (Å²) in [6, 6.07) is 25.6. The molecule has 0 bridgehead atoms. The molecule has 0 aliphatic carbocycles. The van der Waals surface area contributed by atoms with Gasteiger partial charge in [0.1, 0.15) is 0 Å². The van der Waals surface area contributed by atoms with E-state index in [2.05, 4.69) is 9.97 Å². The van der Waals surface area contributed by atoms with Crippen molar-refractivity contribution in [1.29, 1.82) is 0 Å². The Balaban J connectivity index is 1.58. The van der Waals surface area contributed by atoms with E-state index in [-0.39, 0.29) is 0 Å². The molecule has 0 amide bonds. The number of aromatic nitrogens is 2. The average molecular weight is 352 g/mol. The van der Waals surface area contributed by atoms with Crippen LogP contribution >= 0.6 is 0 Å². The predicted octanol–water partition coefficient (Wildman–Crippen LogP) is 6.14. The van der Waals surface area contributed by atoms with E-state index in [4.69, 9.17) is 9.15 Å². The normalized spacial score (nSPS) is 11.1. The molecule has 0 saturated carbocycles. The van der Waals surface area contributed by atoms with Crippen molar-refractivity contribution in [3.63, 3.8) is 0 Å². The van der Waals surface area contributed by atoms with Crippen LogP contribution in [0.5, 0.6) is 11.6 Å². The zero-order valence-corrected chi connectivity index (χ0v) is 14.7. The van der Waals surface area contributed by atoms with Gasteiger partial charge in [-0.25, -0.2) is 9.97 Å². The second-order valence-corrected chi connectivity index (χ2v) is 6.37. The molecular weight excluding hydrogens is 336 g/mol. The molecular formula is C23H16N2O2.